The molecule has 1 saturated heterocycles. The van der Waals surface area contributed by atoms with Crippen molar-refractivity contribution < 1.29 is 4.79 Å². The van der Waals surface area contributed by atoms with E-state index in [9.17, 15) is 4.79 Å². The van der Waals surface area contributed by atoms with Gasteiger partial charge in [-0.05, 0) is 30.6 Å². The highest BCUT2D eigenvalue weighted by molar-refractivity contribution is 7.20. The number of carbonyl (C=O) groups is 1. The Bertz CT molecular complexity index is 898. The summed E-state index contributed by atoms with van der Waals surface area (Å²) in [7, 11) is 2.14. The second-order valence-corrected chi connectivity index (χ2v) is 8.46. The van der Waals surface area contributed by atoms with Crippen molar-refractivity contribution in [3.05, 3.63) is 52.9 Å². The number of piperazine rings is 1. The van der Waals surface area contributed by atoms with Crippen molar-refractivity contribution in [3.63, 3.8) is 0 Å². The van der Waals surface area contributed by atoms with Crippen LogP contribution in [-0.2, 0) is 11.2 Å². The fourth-order valence-corrected chi connectivity index (χ4v) is 4.80. The molecule has 1 aliphatic heterocycles. The van der Waals surface area contributed by atoms with Crippen LogP contribution in [0.15, 0.2) is 47.2 Å². The van der Waals surface area contributed by atoms with E-state index in [1.54, 1.807) is 22.7 Å². The number of benzene rings is 1. The summed E-state index contributed by atoms with van der Waals surface area (Å²) in [6.45, 7) is 4.01. The fraction of sp³-hybridized carbons (Fsp3) is 0.300. The van der Waals surface area contributed by atoms with Crippen LogP contribution in [0.1, 0.15) is 5.69 Å². The first-order chi connectivity index (χ1) is 13.2. The minimum atomic E-state index is -0.0281. The summed E-state index contributed by atoms with van der Waals surface area (Å²) in [4.78, 5) is 23.0. The third-order valence-electron chi connectivity index (χ3n) is 4.65. The van der Waals surface area contributed by atoms with Gasteiger partial charge in [-0.2, -0.15) is 0 Å². The molecule has 140 valence electrons. The first kappa shape index (κ1) is 18.2. The van der Waals surface area contributed by atoms with Gasteiger partial charge < -0.3 is 15.1 Å². The van der Waals surface area contributed by atoms with Crippen LogP contribution >= 0.6 is 22.7 Å². The van der Waals surface area contributed by atoms with Gasteiger partial charge in [0, 0.05) is 31.6 Å². The molecule has 7 heteroatoms. The predicted octanol–water partition coefficient (Wildman–Crippen LogP) is 3.80. The third kappa shape index (κ3) is 4.37. The lowest BCUT2D eigenvalue weighted by molar-refractivity contribution is -0.115. The summed E-state index contributed by atoms with van der Waals surface area (Å²) in [5.74, 6) is -0.0281. The zero-order chi connectivity index (χ0) is 18.6. The Morgan fingerprint density at radius 2 is 1.93 bits per heavy atom. The molecular weight excluding hydrogens is 376 g/mol. The van der Waals surface area contributed by atoms with E-state index < -0.39 is 0 Å². The molecule has 1 aromatic carbocycles. The van der Waals surface area contributed by atoms with Gasteiger partial charge in [0.2, 0.25) is 5.91 Å². The average Bonchev–Trinajstić information content (AvgIpc) is 3.34. The van der Waals surface area contributed by atoms with Crippen LogP contribution in [-0.4, -0.2) is 49.0 Å². The van der Waals surface area contributed by atoms with Gasteiger partial charge in [0.15, 0.2) is 0 Å². The average molecular weight is 399 g/mol. The van der Waals surface area contributed by atoms with Crippen LogP contribution in [0, 0.1) is 0 Å². The molecule has 0 radical (unpaired) electrons. The number of para-hydroxylation sites is 2. The number of thiophene rings is 1. The largest absolute Gasteiger partial charge is 0.367 e. The lowest BCUT2D eigenvalue weighted by atomic mass is 10.2. The molecule has 0 saturated carbocycles. The summed E-state index contributed by atoms with van der Waals surface area (Å²) in [6.07, 6.45) is 0.291. The molecule has 3 heterocycles. The molecule has 0 spiro atoms. The Kier molecular flexibility index (Phi) is 5.52. The number of rotatable bonds is 5. The summed E-state index contributed by atoms with van der Waals surface area (Å²) in [5.41, 5.74) is 2.79. The van der Waals surface area contributed by atoms with E-state index in [0.29, 0.717) is 6.42 Å². The predicted molar refractivity (Wildman–Crippen MR) is 114 cm³/mol. The molecule has 2 aromatic heterocycles. The monoisotopic (exact) mass is 398 g/mol. The standard InChI is InChI=1S/C20H22N4OS2/c1-23-8-10-24(11-9-23)17-6-3-2-5-16(17)22-19(25)13-15-14-27-20(21-15)18-7-4-12-26-18/h2-7,12,14H,8-11,13H2,1H3,(H,22,25). The topological polar surface area (TPSA) is 48.5 Å². The highest BCUT2D eigenvalue weighted by Crippen LogP contribution is 2.29. The van der Waals surface area contributed by atoms with Crippen molar-refractivity contribution in [1.29, 1.82) is 0 Å². The van der Waals surface area contributed by atoms with E-state index in [2.05, 4.69) is 39.3 Å². The van der Waals surface area contributed by atoms with Gasteiger partial charge in [-0.3, -0.25) is 4.79 Å². The summed E-state index contributed by atoms with van der Waals surface area (Å²) < 4.78 is 0. The van der Waals surface area contributed by atoms with Crippen molar-refractivity contribution in [3.8, 4) is 9.88 Å². The Balaban J connectivity index is 1.43. The normalized spacial score (nSPS) is 15.1. The number of likely N-dealkylation sites (N-methyl/N-ethyl adjacent to an activating group) is 1. The second kappa shape index (κ2) is 8.21. The summed E-state index contributed by atoms with van der Waals surface area (Å²) >= 11 is 3.26. The number of carbonyl (C=O) groups excluding carboxylic acids is 1. The van der Waals surface area contributed by atoms with Crippen LogP contribution in [0.4, 0.5) is 11.4 Å². The Labute approximate surface area is 167 Å². The maximum absolute atomic E-state index is 12.6. The molecule has 0 unspecified atom stereocenters. The number of thiazole rings is 1. The van der Waals surface area contributed by atoms with Crippen molar-refractivity contribution in [2.45, 2.75) is 6.42 Å². The van der Waals surface area contributed by atoms with Crippen molar-refractivity contribution in [1.82, 2.24) is 9.88 Å². The molecule has 1 N–H and O–H groups in total. The quantitative estimate of drug-likeness (QED) is 0.710. The highest BCUT2D eigenvalue weighted by Gasteiger charge is 2.18. The van der Waals surface area contributed by atoms with E-state index in [0.717, 1.165) is 53.1 Å². The first-order valence-electron chi connectivity index (χ1n) is 9.00. The molecule has 1 fully saturated rings. The molecule has 0 atom stereocenters. The third-order valence-corrected chi connectivity index (χ3v) is 6.58. The number of hydrogen-bond acceptors (Lipinski definition) is 6. The van der Waals surface area contributed by atoms with E-state index in [4.69, 9.17) is 0 Å². The molecular formula is C20H22N4OS2. The number of aromatic nitrogens is 1. The summed E-state index contributed by atoms with van der Waals surface area (Å²) in [6, 6.07) is 12.1. The molecule has 27 heavy (non-hydrogen) atoms. The van der Waals surface area contributed by atoms with Crippen LogP contribution in [0.5, 0.6) is 0 Å². The van der Waals surface area contributed by atoms with E-state index in [1.807, 2.05) is 35.0 Å². The lowest BCUT2D eigenvalue weighted by Gasteiger charge is -2.35. The molecule has 1 aliphatic rings. The lowest BCUT2D eigenvalue weighted by Crippen LogP contribution is -2.44. The zero-order valence-electron chi connectivity index (χ0n) is 15.2. The number of amides is 1. The molecule has 1 amide bonds. The van der Waals surface area contributed by atoms with Gasteiger partial charge in [-0.1, -0.05) is 18.2 Å². The minimum Gasteiger partial charge on any atom is -0.367 e. The molecule has 0 bridgehead atoms. The fourth-order valence-electron chi connectivity index (χ4n) is 3.16. The zero-order valence-corrected chi connectivity index (χ0v) is 16.9. The van der Waals surface area contributed by atoms with Gasteiger partial charge in [0.25, 0.3) is 0 Å². The molecule has 4 rings (SSSR count). The van der Waals surface area contributed by atoms with Crippen molar-refractivity contribution in [2.75, 3.05) is 43.4 Å². The molecule has 0 aliphatic carbocycles. The van der Waals surface area contributed by atoms with Crippen LogP contribution in [0.2, 0.25) is 0 Å². The minimum absolute atomic E-state index is 0.0281. The maximum atomic E-state index is 12.6. The number of nitrogens with one attached hydrogen (secondary N) is 1. The van der Waals surface area contributed by atoms with Gasteiger partial charge >= 0.3 is 0 Å². The number of hydrogen-bond donors (Lipinski definition) is 1. The number of anilines is 2. The van der Waals surface area contributed by atoms with E-state index in [-0.39, 0.29) is 5.91 Å². The first-order valence-corrected chi connectivity index (χ1v) is 10.8. The SMILES string of the molecule is CN1CCN(c2ccccc2NC(=O)Cc2csc(-c3cccs3)n2)CC1. The maximum Gasteiger partial charge on any atom is 0.230 e. The second-order valence-electron chi connectivity index (χ2n) is 6.65. The van der Waals surface area contributed by atoms with Gasteiger partial charge in [0.1, 0.15) is 5.01 Å². The number of nitrogens with zero attached hydrogens (tertiary/aromatic N) is 3. The Morgan fingerprint density at radius 3 is 2.70 bits per heavy atom. The van der Waals surface area contributed by atoms with Crippen molar-refractivity contribution in [2.24, 2.45) is 0 Å². The Hall–Kier alpha value is -2.22. The van der Waals surface area contributed by atoms with E-state index in [1.165, 1.54) is 0 Å². The van der Waals surface area contributed by atoms with Crippen LogP contribution < -0.4 is 10.2 Å². The van der Waals surface area contributed by atoms with Crippen LogP contribution in [0.3, 0.4) is 0 Å². The van der Waals surface area contributed by atoms with Gasteiger partial charge in [-0.15, -0.1) is 22.7 Å². The summed E-state index contributed by atoms with van der Waals surface area (Å²) in [5, 5.41) is 8.08. The smallest absolute Gasteiger partial charge is 0.230 e. The van der Waals surface area contributed by atoms with Gasteiger partial charge in [0.05, 0.1) is 28.4 Å². The van der Waals surface area contributed by atoms with Crippen molar-refractivity contribution >= 4 is 40.0 Å². The van der Waals surface area contributed by atoms with Gasteiger partial charge in [-0.25, -0.2) is 4.98 Å². The van der Waals surface area contributed by atoms with Crippen LogP contribution in [0.25, 0.3) is 9.88 Å². The Morgan fingerprint density at radius 1 is 1.11 bits per heavy atom. The van der Waals surface area contributed by atoms with E-state index >= 15 is 0 Å². The molecule has 5 nitrogen and oxygen atoms in total. The molecule has 3 aromatic rings. The highest BCUT2D eigenvalue weighted by atomic mass is 32.1.